The van der Waals surface area contributed by atoms with Crippen molar-refractivity contribution in [2.24, 2.45) is 4.99 Å². The number of nitrogens with zero attached hydrogens (tertiary/aromatic N) is 3. The molecule has 1 fully saturated rings. The van der Waals surface area contributed by atoms with E-state index in [2.05, 4.69) is 15.2 Å². The van der Waals surface area contributed by atoms with Gasteiger partial charge in [-0.05, 0) is 0 Å². The van der Waals surface area contributed by atoms with Gasteiger partial charge in [0.1, 0.15) is 0 Å². The Balaban J connectivity index is 1.71. The molecule has 2 amide bonds. The van der Waals surface area contributed by atoms with Gasteiger partial charge < -0.3 is 15.1 Å². The summed E-state index contributed by atoms with van der Waals surface area (Å²) in [4.78, 5) is 19.5. The maximum Gasteiger partial charge on any atom is 0.317 e. The number of hydrogen-bond acceptors (Lipinski definition) is 4. The van der Waals surface area contributed by atoms with E-state index in [1.54, 1.807) is 30.8 Å². The number of rotatable bonds is 1. The van der Waals surface area contributed by atoms with E-state index in [4.69, 9.17) is 0 Å². The maximum absolute atomic E-state index is 11.3. The van der Waals surface area contributed by atoms with Gasteiger partial charge in [0.15, 0.2) is 5.17 Å². The Labute approximate surface area is 93.9 Å². The molecule has 2 rings (SSSR count). The minimum Gasteiger partial charge on any atom is -0.347 e. The number of carbonyl (C=O) groups is 1. The van der Waals surface area contributed by atoms with Gasteiger partial charge in [-0.15, -0.1) is 0 Å². The molecule has 0 aliphatic carbocycles. The van der Waals surface area contributed by atoms with Gasteiger partial charge >= 0.3 is 6.03 Å². The van der Waals surface area contributed by atoms with Crippen molar-refractivity contribution in [2.45, 2.75) is 6.04 Å². The average Bonchev–Trinajstić information content (AvgIpc) is 2.62. The molecule has 15 heavy (non-hydrogen) atoms. The van der Waals surface area contributed by atoms with Crippen molar-refractivity contribution in [3.63, 3.8) is 0 Å². The van der Waals surface area contributed by atoms with E-state index in [-0.39, 0.29) is 12.1 Å². The van der Waals surface area contributed by atoms with Crippen LogP contribution in [0.3, 0.4) is 0 Å². The zero-order valence-electron chi connectivity index (χ0n) is 9.06. The molecule has 1 saturated heterocycles. The lowest BCUT2D eigenvalue weighted by Crippen LogP contribution is -2.61. The number of nitrogens with one attached hydrogen (secondary N) is 1. The van der Waals surface area contributed by atoms with Crippen LogP contribution in [0, 0.1) is 0 Å². The third-order valence-electron chi connectivity index (χ3n) is 2.46. The van der Waals surface area contributed by atoms with Gasteiger partial charge in [-0.25, -0.2) is 4.79 Å². The topological polar surface area (TPSA) is 47.9 Å². The number of aliphatic imine (C=N–C) groups is 1. The predicted molar refractivity (Wildman–Crippen MR) is 62.3 cm³/mol. The lowest BCUT2D eigenvalue weighted by atomic mass is 10.1. The summed E-state index contributed by atoms with van der Waals surface area (Å²) in [7, 11) is 3.51. The Bertz CT molecular complexity index is 286. The molecule has 5 nitrogen and oxygen atoms in total. The van der Waals surface area contributed by atoms with Crippen LogP contribution in [-0.2, 0) is 0 Å². The molecule has 0 aromatic heterocycles. The number of amides is 2. The molecule has 0 aromatic carbocycles. The summed E-state index contributed by atoms with van der Waals surface area (Å²) in [6, 6.07) is 0.268. The molecule has 0 saturated carbocycles. The third kappa shape index (κ3) is 2.37. The molecule has 2 heterocycles. The normalized spacial score (nSPS) is 20.9. The maximum atomic E-state index is 11.3. The number of amidine groups is 1. The molecule has 0 unspecified atom stereocenters. The third-order valence-corrected chi connectivity index (χ3v) is 3.49. The van der Waals surface area contributed by atoms with Crippen LogP contribution >= 0.6 is 11.8 Å². The van der Waals surface area contributed by atoms with Gasteiger partial charge in [-0.1, -0.05) is 11.8 Å². The minimum atomic E-state index is -0.0133. The van der Waals surface area contributed by atoms with Crippen molar-refractivity contribution in [3.8, 4) is 0 Å². The fourth-order valence-corrected chi connectivity index (χ4v) is 2.42. The Hall–Kier alpha value is -0.910. The Kier molecular flexibility index (Phi) is 3.04. The van der Waals surface area contributed by atoms with Crippen LogP contribution in [0.5, 0.6) is 0 Å². The summed E-state index contributed by atoms with van der Waals surface area (Å²) in [6.07, 6.45) is 0. The van der Waals surface area contributed by atoms with E-state index in [1.165, 1.54) is 0 Å². The Morgan fingerprint density at radius 3 is 2.87 bits per heavy atom. The number of urea groups is 1. The van der Waals surface area contributed by atoms with Gasteiger partial charge in [-0.2, -0.15) is 0 Å². The SMILES string of the molecule is CN(C)C(=O)NC1CN(C2=NCCS2)C1. The predicted octanol–water partition coefficient (Wildman–Crippen LogP) is 0.0446. The Morgan fingerprint density at radius 1 is 1.60 bits per heavy atom. The smallest absolute Gasteiger partial charge is 0.317 e. The van der Waals surface area contributed by atoms with E-state index < -0.39 is 0 Å². The fraction of sp³-hybridized carbons (Fsp3) is 0.778. The van der Waals surface area contributed by atoms with E-state index in [0.717, 1.165) is 30.6 Å². The average molecular weight is 228 g/mol. The van der Waals surface area contributed by atoms with Crippen LogP contribution in [-0.4, -0.2) is 66.5 Å². The molecule has 2 aliphatic rings. The van der Waals surface area contributed by atoms with Crippen molar-refractivity contribution >= 4 is 23.0 Å². The van der Waals surface area contributed by atoms with Crippen LogP contribution in [0.1, 0.15) is 0 Å². The molecule has 6 heteroatoms. The summed E-state index contributed by atoms with van der Waals surface area (Å²) in [5.41, 5.74) is 0. The highest BCUT2D eigenvalue weighted by molar-refractivity contribution is 8.14. The molecular weight excluding hydrogens is 212 g/mol. The van der Waals surface area contributed by atoms with Gasteiger partial charge in [-0.3, -0.25) is 4.99 Å². The van der Waals surface area contributed by atoms with Gasteiger partial charge in [0.05, 0.1) is 12.6 Å². The minimum absolute atomic E-state index is 0.0133. The van der Waals surface area contributed by atoms with Crippen molar-refractivity contribution in [2.75, 3.05) is 39.5 Å². The van der Waals surface area contributed by atoms with Crippen molar-refractivity contribution in [3.05, 3.63) is 0 Å². The largest absolute Gasteiger partial charge is 0.347 e. The Morgan fingerprint density at radius 2 is 2.33 bits per heavy atom. The molecule has 0 radical (unpaired) electrons. The highest BCUT2D eigenvalue weighted by Gasteiger charge is 2.31. The summed E-state index contributed by atoms with van der Waals surface area (Å²) in [6.45, 7) is 2.72. The first-order chi connectivity index (χ1) is 7.16. The molecule has 84 valence electrons. The second-order valence-electron chi connectivity index (χ2n) is 3.96. The summed E-state index contributed by atoms with van der Waals surface area (Å²) < 4.78 is 0. The van der Waals surface area contributed by atoms with Crippen molar-refractivity contribution in [1.82, 2.24) is 15.1 Å². The molecular formula is C9H16N4OS. The number of hydrogen-bond donors (Lipinski definition) is 1. The first-order valence-electron chi connectivity index (χ1n) is 5.07. The van der Waals surface area contributed by atoms with E-state index in [1.807, 2.05) is 0 Å². The highest BCUT2D eigenvalue weighted by atomic mass is 32.2. The lowest BCUT2D eigenvalue weighted by molar-refractivity contribution is 0.184. The molecule has 1 N–H and O–H groups in total. The monoisotopic (exact) mass is 228 g/mol. The first kappa shape index (κ1) is 10.6. The summed E-state index contributed by atoms with van der Waals surface area (Å²) in [5, 5.41) is 4.09. The zero-order chi connectivity index (χ0) is 10.8. The van der Waals surface area contributed by atoms with Crippen LogP contribution in [0.25, 0.3) is 0 Å². The second kappa shape index (κ2) is 4.30. The molecule has 0 atom stereocenters. The van der Waals surface area contributed by atoms with E-state index in [0.29, 0.717) is 0 Å². The second-order valence-corrected chi connectivity index (χ2v) is 5.02. The van der Waals surface area contributed by atoms with Crippen LogP contribution in [0.4, 0.5) is 4.79 Å². The number of carbonyl (C=O) groups excluding carboxylic acids is 1. The van der Waals surface area contributed by atoms with Crippen molar-refractivity contribution in [1.29, 1.82) is 0 Å². The molecule has 0 bridgehead atoms. The molecule has 0 spiro atoms. The lowest BCUT2D eigenvalue weighted by Gasteiger charge is -2.40. The summed E-state index contributed by atoms with van der Waals surface area (Å²) in [5.74, 6) is 1.10. The van der Waals surface area contributed by atoms with Crippen molar-refractivity contribution < 1.29 is 4.79 Å². The van der Waals surface area contributed by atoms with Gasteiger partial charge in [0, 0.05) is 32.9 Å². The molecule has 2 aliphatic heterocycles. The van der Waals surface area contributed by atoms with Crippen LogP contribution < -0.4 is 5.32 Å². The zero-order valence-corrected chi connectivity index (χ0v) is 9.88. The van der Waals surface area contributed by atoms with Gasteiger partial charge in [0.2, 0.25) is 0 Å². The highest BCUT2D eigenvalue weighted by Crippen LogP contribution is 2.20. The van der Waals surface area contributed by atoms with E-state index in [9.17, 15) is 4.79 Å². The fourth-order valence-electron chi connectivity index (χ4n) is 1.54. The molecule has 0 aromatic rings. The van der Waals surface area contributed by atoms with E-state index >= 15 is 0 Å². The summed E-state index contributed by atoms with van der Waals surface area (Å²) >= 11 is 1.81. The van der Waals surface area contributed by atoms with Gasteiger partial charge in [0.25, 0.3) is 0 Å². The van der Waals surface area contributed by atoms with Crippen LogP contribution in [0.15, 0.2) is 4.99 Å². The van der Waals surface area contributed by atoms with Crippen LogP contribution in [0.2, 0.25) is 0 Å². The first-order valence-corrected chi connectivity index (χ1v) is 6.05. The standard InChI is InChI=1S/C9H16N4OS/c1-12(2)8(14)11-7-5-13(6-7)9-10-3-4-15-9/h7H,3-6H2,1-2H3,(H,11,14). The quantitative estimate of drug-likeness (QED) is 0.689. The number of likely N-dealkylation sites (tertiary alicyclic amines) is 1. The number of thioether (sulfide) groups is 1.